The summed E-state index contributed by atoms with van der Waals surface area (Å²) in [4.78, 5) is 2.30. The molecule has 0 bridgehead atoms. The van der Waals surface area contributed by atoms with Gasteiger partial charge in [0.1, 0.15) is 12.4 Å². The van der Waals surface area contributed by atoms with Gasteiger partial charge in [-0.3, -0.25) is 0 Å². The maximum absolute atomic E-state index is 8.67. The molecule has 0 heterocycles. The first-order valence-corrected chi connectivity index (χ1v) is 7.63. The van der Waals surface area contributed by atoms with Crippen LogP contribution >= 0.6 is 0 Å². The van der Waals surface area contributed by atoms with Crippen molar-refractivity contribution in [1.29, 1.82) is 0 Å². The molecule has 0 saturated heterocycles. The summed E-state index contributed by atoms with van der Waals surface area (Å²) in [5.74, 6) is 7.52. The van der Waals surface area contributed by atoms with Crippen molar-refractivity contribution in [3.63, 3.8) is 0 Å². The van der Waals surface area contributed by atoms with E-state index in [-0.39, 0.29) is 6.61 Å². The first kappa shape index (κ1) is 17.6. The van der Waals surface area contributed by atoms with E-state index in [2.05, 4.69) is 37.6 Å². The number of rotatable bonds is 8. The first-order valence-electron chi connectivity index (χ1n) is 7.63. The summed E-state index contributed by atoms with van der Waals surface area (Å²) in [5.41, 5.74) is 0.949. The van der Waals surface area contributed by atoms with Crippen LogP contribution in [-0.2, 0) is 0 Å². The van der Waals surface area contributed by atoms with Crippen molar-refractivity contribution < 1.29 is 9.84 Å². The summed E-state index contributed by atoms with van der Waals surface area (Å²) in [7, 11) is 2.13. The standard InChI is InChI=1S/C18H27NO2/c1-16(2)11-12-19(3)13-15-21-18-9-7-17(8-10-18)6-4-5-14-20/h7-10,16,20H,5,11-15H2,1-3H3. The molecule has 1 aromatic carbocycles. The number of hydrogen-bond acceptors (Lipinski definition) is 3. The molecule has 0 aliphatic heterocycles. The molecule has 0 aliphatic carbocycles. The SMILES string of the molecule is CC(C)CCN(C)CCOc1ccc(C#CCCO)cc1. The van der Waals surface area contributed by atoms with E-state index in [1.54, 1.807) is 0 Å². The predicted molar refractivity (Wildman–Crippen MR) is 87.5 cm³/mol. The van der Waals surface area contributed by atoms with Crippen molar-refractivity contribution in [1.82, 2.24) is 4.90 Å². The number of ether oxygens (including phenoxy) is 1. The van der Waals surface area contributed by atoms with E-state index in [9.17, 15) is 0 Å². The van der Waals surface area contributed by atoms with Gasteiger partial charge in [0.15, 0.2) is 0 Å². The summed E-state index contributed by atoms with van der Waals surface area (Å²) in [5, 5.41) is 8.67. The quantitative estimate of drug-likeness (QED) is 0.747. The largest absolute Gasteiger partial charge is 0.492 e. The zero-order valence-corrected chi connectivity index (χ0v) is 13.4. The molecular formula is C18H27NO2. The molecule has 0 atom stereocenters. The van der Waals surface area contributed by atoms with E-state index in [1.807, 2.05) is 24.3 Å². The van der Waals surface area contributed by atoms with Gasteiger partial charge in [0.05, 0.1) is 6.61 Å². The molecule has 0 fully saturated rings. The lowest BCUT2D eigenvalue weighted by molar-refractivity contribution is 0.230. The van der Waals surface area contributed by atoms with E-state index < -0.39 is 0 Å². The molecule has 3 nitrogen and oxygen atoms in total. The number of benzene rings is 1. The van der Waals surface area contributed by atoms with Gasteiger partial charge < -0.3 is 14.7 Å². The van der Waals surface area contributed by atoms with Crippen molar-refractivity contribution in [2.45, 2.75) is 26.7 Å². The maximum Gasteiger partial charge on any atom is 0.119 e. The van der Waals surface area contributed by atoms with Crippen LogP contribution in [0.4, 0.5) is 0 Å². The molecule has 0 spiro atoms. The molecular weight excluding hydrogens is 262 g/mol. The number of aliphatic hydroxyl groups is 1. The summed E-state index contributed by atoms with van der Waals surface area (Å²) < 4.78 is 5.73. The smallest absolute Gasteiger partial charge is 0.119 e. The first-order chi connectivity index (χ1) is 10.1. The van der Waals surface area contributed by atoms with Gasteiger partial charge in [-0.25, -0.2) is 0 Å². The van der Waals surface area contributed by atoms with Crippen molar-refractivity contribution in [2.75, 3.05) is 33.4 Å². The van der Waals surface area contributed by atoms with Gasteiger partial charge in [0.2, 0.25) is 0 Å². The lowest BCUT2D eigenvalue weighted by Gasteiger charge is -2.18. The Morgan fingerprint density at radius 1 is 1.19 bits per heavy atom. The Morgan fingerprint density at radius 2 is 1.90 bits per heavy atom. The summed E-state index contributed by atoms with van der Waals surface area (Å²) in [6, 6.07) is 7.78. The van der Waals surface area contributed by atoms with Crippen LogP contribution in [0.3, 0.4) is 0 Å². The fourth-order valence-electron chi connectivity index (χ4n) is 1.76. The van der Waals surface area contributed by atoms with Gasteiger partial charge in [-0.1, -0.05) is 25.7 Å². The zero-order chi connectivity index (χ0) is 15.5. The zero-order valence-electron chi connectivity index (χ0n) is 13.4. The van der Waals surface area contributed by atoms with Crippen LogP contribution in [0.25, 0.3) is 0 Å². The molecule has 21 heavy (non-hydrogen) atoms. The van der Waals surface area contributed by atoms with Gasteiger partial charge in [-0.15, -0.1) is 0 Å². The minimum Gasteiger partial charge on any atom is -0.492 e. The number of hydrogen-bond donors (Lipinski definition) is 1. The predicted octanol–water partition coefficient (Wildman–Crippen LogP) is 2.78. The van der Waals surface area contributed by atoms with E-state index in [0.717, 1.165) is 30.3 Å². The molecule has 116 valence electrons. The van der Waals surface area contributed by atoms with E-state index in [1.165, 1.54) is 6.42 Å². The summed E-state index contributed by atoms with van der Waals surface area (Å²) >= 11 is 0. The van der Waals surface area contributed by atoms with Crippen LogP contribution in [0.5, 0.6) is 5.75 Å². The Labute approximate surface area is 128 Å². The van der Waals surface area contributed by atoms with Crippen LogP contribution in [0, 0.1) is 17.8 Å². The third kappa shape index (κ3) is 8.39. The van der Waals surface area contributed by atoms with Gasteiger partial charge in [-0.2, -0.15) is 0 Å². The Hall–Kier alpha value is -1.50. The highest BCUT2D eigenvalue weighted by atomic mass is 16.5. The highest BCUT2D eigenvalue weighted by molar-refractivity contribution is 5.38. The lowest BCUT2D eigenvalue weighted by atomic mass is 10.1. The highest BCUT2D eigenvalue weighted by Crippen LogP contribution is 2.11. The highest BCUT2D eigenvalue weighted by Gasteiger charge is 2.01. The molecule has 1 N–H and O–H groups in total. The van der Waals surface area contributed by atoms with Gasteiger partial charge in [-0.05, 0) is 50.2 Å². The van der Waals surface area contributed by atoms with Crippen LogP contribution in [0.2, 0.25) is 0 Å². The van der Waals surface area contributed by atoms with Crippen LogP contribution in [-0.4, -0.2) is 43.4 Å². The molecule has 0 saturated carbocycles. The van der Waals surface area contributed by atoms with Crippen LogP contribution < -0.4 is 4.74 Å². The minimum absolute atomic E-state index is 0.110. The average Bonchev–Trinajstić information content (AvgIpc) is 2.47. The Balaban J connectivity index is 2.28. The monoisotopic (exact) mass is 289 g/mol. The van der Waals surface area contributed by atoms with Crippen molar-refractivity contribution in [2.24, 2.45) is 5.92 Å². The second-order valence-electron chi connectivity index (χ2n) is 5.63. The van der Waals surface area contributed by atoms with Crippen molar-refractivity contribution in [3.05, 3.63) is 29.8 Å². The normalized spacial score (nSPS) is 10.6. The van der Waals surface area contributed by atoms with Crippen molar-refractivity contribution in [3.8, 4) is 17.6 Å². The lowest BCUT2D eigenvalue weighted by Crippen LogP contribution is -2.26. The fourth-order valence-corrected chi connectivity index (χ4v) is 1.76. The molecule has 1 aromatic rings. The Morgan fingerprint density at radius 3 is 2.52 bits per heavy atom. The van der Waals surface area contributed by atoms with Gasteiger partial charge in [0.25, 0.3) is 0 Å². The Kier molecular flexibility index (Phi) is 8.57. The minimum atomic E-state index is 0.110. The van der Waals surface area contributed by atoms with Crippen LogP contribution in [0.15, 0.2) is 24.3 Å². The summed E-state index contributed by atoms with van der Waals surface area (Å²) in [6.45, 7) is 7.35. The molecule has 3 heteroatoms. The maximum atomic E-state index is 8.67. The third-order valence-electron chi connectivity index (χ3n) is 3.15. The van der Waals surface area contributed by atoms with Gasteiger partial charge >= 0.3 is 0 Å². The topological polar surface area (TPSA) is 32.7 Å². The van der Waals surface area contributed by atoms with Crippen LogP contribution in [0.1, 0.15) is 32.3 Å². The summed E-state index contributed by atoms with van der Waals surface area (Å²) in [6.07, 6.45) is 1.73. The molecule has 0 amide bonds. The Bertz CT molecular complexity index is 443. The van der Waals surface area contributed by atoms with E-state index >= 15 is 0 Å². The average molecular weight is 289 g/mol. The van der Waals surface area contributed by atoms with E-state index in [0.29, 0.717) is 13.0 Å². The number of likely N-dealkylation sites (N-methyl/N-ethyl adjacent to an activating group) is 1. The molecule has 0 unspecified atom stereocenters. The second kappa shape index (κ2) is 10.3. The number of nitrogens with zero attached hydrogens (tertiary/aromatic N) is 1. The molecule has 1 rings (SSSR count). The van der Waals surface area contributed by atoms with E-state index in [4.69, 9.17) is 9.84 Å². The van der Waals surface area contributed by atoms with Crippen molar-refractivity contribution >= 4 is 0 Å². The van der Waals surface area contributed by atoms with Gasteiger partial charge in [0, 0.05) is 18.5 Å². The number of aliphatic hydroxyl groups excluding tert-OH is 1. The molecule has 0 aliphatic rings. The fraction of sp³-hybridized carbons (Fsp3) is 0.556. The molecule has 0 aromatic heterocycles. The molecule has 0 radical (unpaired) electrons. The second-order valence-corrected chi connectivity index (χ2v) is 5.63. The third-order valence-corrected chi connectivity index (χ3v) is 3.15.